The highest BCUT2D eigenvalue weighted by molar-refractivity contribution is 5.83. The van der Waals surface area contributed by atoms with Gasteiger partial charge in [0.05, 0.1) is 11.0 Å². The molecule has 1 aliphatic heterocycles. The number of H-pyrrole nitrogens is 1. The van der Waals surface area contributed by atoms with Crippen LogP contribution < -0.4 is 5.32 Å². The highest BCUT2D eigenvalue weighted by atomic mass is 16.6. The van der Waals surface area contributed by atoms with Crippen LogP contribution in [0.4, 0.5) is 4.79 Å². The zero-order valence-corrected chi connectivity index (χ0v) is 24.9. The number of imidazole rings is 1. The number of nitrogens with zero attached hydrogens (tertiary/aromatic N) is 2. The molecule has 0 radical (unpaired) electrons. The maximum Gasteiger partial charge on any atom is 0.407 e. The van der Waals surface area contributed by atoms with E-state index in [0.29, 0.717) is 25.4 Å². The number of carbonyl (C=O) groups is 2. The first kappa shape index (κ1) is 28.7. The van der Waals surface area contributed by atoms with Crippen LogP contribution in [0, 0.1) is 0 Å². The summed E-state index contributed by atoms with van der Waals surface area (Å²) in [5, 5.41) is 5.29. The highest BCUT2D eigenvalue weighted by Gasteiger charge is 2.29. The molecule has 7 nitrogen and oxygen atoms in total. The summed E-state index contributed by atoms with van der Waals surface area (Å²) in [5.41, 5.74) is 3.74. The Labute approximate surface area is 242 Å². The summed E-state index contributed by atoms with van der Waals surface area (Å²) in [7, 11) is 0. The smallest absolute Gasteiger partial charge is 0.407 e. The van der Waals surface area contributed by atoms with Crippen molar-refractivity contribution >= 4 is 33.8 Å². The summed E-state index contributed by atoms with van der Waals surface area (Å²) in [6.07, 6.45) is 2.14. The largest absolute Gasteiger partial charge is 0.444 e. The molecule has 0 saturated carbocycles. The van der Waals surface area contributed by atoms with E-state index >= 15 is 0 Å². The first-order valence-electron chi connectivity index (χ1n) is 14.8. The van der Waals surface area contributed by atoms with Gasteiger partial charge in [-0.3, -0.25) is 4.79 Å². The van der Waals surface area contributed by atoms with Crippen molar-refractivity contribution in [2.24, 2.45) is 0 Å². The zero-order valence-electron chi connectivity index (χ0n) is 24.9. The number of carbonyl (C=O) groups excluding carboxylic acids is 2. The number of alkyl carbamates (subject to hydrolysis) is 1. The van der Waals surface area contributed by atoms with E-state index in [9.17, 15) is 9.59 Å². The molecule has 1 aliphatic rings. The number of fused-ring (bicyclic) bond motifs is 2. The maximum atomic E-state index is 13.6. The van der Waals surface area contributed by atoms with Crippen molar-refractivity contribution < 1.29 is 14.3 Å². The van der Waals surface area contributed by atoms with Crippen molar-refractivity contribution in [3.05, 3.63) is 77.6 Å². The molecular formula is C34H42N4O3. The number of ether oxygens (including phenoxy) is 1. The zero-order chi connectivity index (χ0) is 29.1. The second-order valence-corrected chi connectivity index (χ2v) is 12.7. The molecule has 0 unspecified atom stereocenters. The van der Waals surface area contributed by atoms with E-state index < -0.39 is 11.7 Å². The van der Waals surface area contributed by atoms with Crippen LogP contribution in [-0.2, 0) is 16.0 Å². The normalized spacial score (nSPS) is 16.7. The van der Waals surface area contributed by atoms with Gasteiger partial charge < -0.3 is 19.9 Å². The SMILES string of the molecule is CC(C)c1ccc2nc([C@@H]3CCCN(C(=O)C[C@@H](Cc4ccc5ccccc5c4)NC(=O)OC(C)(C)C)C3)[nH]c2c1. The lowest BCUT2D eigenvalue weighted by Crippen LogP contribution is -2.45. The van der Waals surface area contributed by atoms with E-state index in [-0.39, 0.29) is 24.3 Å². The Balaban J connectivity index is 1.30. The lowest BCUT2D eigenvalue weighted by Gasteiger charge is -2.33. The molecule has 41 heavy (non-hydrogen) atoms. The van der Waals surface area contributed by atoms with Crippen molar-refractivity contribution in [2.45, 2.75) is 83.8 Å². The minimum atomic E-state index is -0.621. The quantitative estimate of drug-likeness (QED) is 0.256. The second kappa shape index (κ2) is 11.9. The van der Waals surface area contributed by atoms with E-state index in [1.54, 1.807) is 0 Å². The van der Waals surface area contributed by atoms with E-state index in [4.69, 9.17) is 9.72 Å². The summed E-state index contributed by atoms with van der Waals surface area (Å²) in [6.45, 7) is 11.2. The second-order valence-electron chi connectivity index (χ2n) is 12.7. The lowest BCUT2D eigenvalue weighted by molar-refractivity contribution is -0.132. The van der Waals surface area contributed by atoms with Crippen LogP contribution in [0.1, 0.15) is 82.7 Å². The lowest BCUT2D eigenvalue weighted by atomic mass is 9.95. The van der Waals surface area contributed by atoms with Crippen molar-refractivity contribution in [1.82, 2.24) is 20.2 Å². The molecule has 2 heterocycles. The summed E-state index contributed by atoms with van der Waals surface area (Å²) in [5.74, 6) is 1.58. The Hall–Kier alpha value is -3.87. The average molecular weight is 555 g/mol. The predicted octanol–water partition coefficient (Wildman–Crippen LogP) is 7.07. The highest BCUT2D eigenvalue weighted by Crippen LogP contribution is 2.29. The van der Waals surface area contributed by atoms with Gasteiger partial charge in [0.15, 0.2) is 0 Å². The third-order valence-corrected chi connectivity index (χ3v) is 7.79. The number of hydrogen-bond donors (Lipinski definition) is 2. The summed E-state index contributed by atoms with van der Waals surface area (Å²) >= 11 is 0. The number of amides is 2. The van der Waals surface area contributed by atoms with Crippen LogP contribution in [0.2, 0.25) is 0 Å². The minimum absolute atomic E-state index is 0.0368. The van der Waals surface area contributed by atoms with Crippen molar-refractivity contribution in [1.29, 1.82) is 0 Å². The van der Waals surface area contributed by atoms with Crippen molar-refractivity contribution in [3.63, 3.8) is 0 Å². The molecule has 0 spiro atoms. The van der Waals surface area contributed by atoms with Gasteiger partial charge in [0.2, 0.25) is 5.91 Å². The van der Waals surface area contributed by atoms with Gasteiger partial charge >= 0.3 is 6.09 Å². The average Bonchev–Trinajstić information content (AvgIpc) is 3.35. The van der Waals surface area contributed by atoms with Gasteiger partial charge in [0.25, 0.3) is 0 Å². The summed E-state index contributed by atoms with van der Waals surface area (Å²) in [6, 6.07) is 20.5. The van der Waals surface area contributed by atoms with Crippen LogP contribution in [0.25, 0.3) is 21.8 Å². The van der Waals surface area contributed by atoms with Crippen molar-refractivity contribution in [2.75, 3.05) is 13.1 Å². The molecule has 1 fully saturated rings. The molecule has 4 aromatic rings. The fourth-order valence-electron chi connectivity index (χ4n) is 5.66. The standard InChI is InChI=1S/C34H42N4O3/c1-22(2)25-14-15-29-30(19-25)37-32(36-29)27-11-8-16-38(21-27)31(39)20-28(35-33(40)41-34(3,4)5)18-23-12-13-24-9-6-7-10-26(24)17-23/h6-7,9-10,12-15,17,19,22,27-28H,8,11,16,18,20-21H2,1-5H3,(H,35,40)(H,36,37)/t27-,28-/m1/s1. The van der Waals surface area contributed by atoms with Gasteiger partial charge in [-0.05, 0) is 80.0 Å². The van der Waals surface area contributed by atoms with Crippen LogP contribution >= 0.6 is 0 Å². The van der Waals surface area contributed by atoms with Crippen LogP contribution in [-0.4, -0.2) is 51.6 Å². The number of nitrogens with one attached hydrogen (secondary N) is 2. The molecular weight excluding hydrogens is 512 g/mol. The Morgan fingerprint density at radius 1 is 1.07 bits per heavy atom. The predicted molar refractivity (Wildman–Crippen MR) is 164 cm³/mol. The maximum absolute atomic E-state index is 13.6. The Morgan fingerprint density at radius 2 is 1.85 bits per heavy atom. The van der Waals surface area contributed by atoms with Gasteiger partial charge in [-0.25, -0.2) is 9.78 Å². The molecule has 2 amide bonds. The molecule has 2 N–H and O–H groups in total. The number of benzene rings is 3. The topological polar surface area (TPSA) is 87.3 Å². The molecule has 3 aromatic carbocycles. The first-order chi connectivity index (χ1) is 19.5. The third-order valence-electron chi connectivity index (χ3n) is 7.79. The number of likely N-dealkylation sites (tertiary alicyclic amines) is 1. The van der Waals surface area contributed by atoms with Gasteiger partial charge in [-0.15, -0.1) is 0 Å². The molecule has 216 valence electrons. The third kappa shape index (κ3) is 7.26. The first-order valence-corrected chi connectivity index (χ1v) is 14.8. The molecule has 1 saturated heterocycles. The summed E-state index contributed by atoms with van der Waals surface area (Å²) < 4.78 is 5.54. The van der Waals surface area contributed by atoms with E-state index in [1.165, 1.54) is 5.56 Å². The number of rotatable bonds is 7. The minimum Gasteiger partial charge on any atom is -0.444 e. The molecule has 2 atom stereocenters. The van der Waals surface area contributed by atoms with E-state index in [1.807, 2.05) is 37.8 Å². The summed E-state index contributed by atoms with van der Waals surface area (Å²) in [4.78, 5) is 36.7. The molecule has 1 aromatic heterocycles. The molecule has 0 aliphatic carbocycles. The van der Waals surface area contributed by atoms with Gasteiger partial charge in [0, 0.05) is 31.5 Å². The van der Waals surface area contributed by atoms with Crippen LogP contribution in [0.15, 0.2) is 60.7 Å². The van der Waals surface area contributed by atoms with Crippen LogP contribution in [0.5, 0.6) is 0 Å². The van der Waals surface area contributed by atoms with E-state index in [2.05, 4.69) is 72.7 Å². The van der Waals surface area contributed by atoms with Gasteiger partial charge in [-0.2, -0.15) is 0 Å². The number of aromatic nitrogens is 2. The van der Waals surface area contributed by atoms with Crippen molar-refractivity contribution in [3.8, 4) is 0 Å². The molecule has 5 rings (SSSR count). The Morgan fingerprint density at radius 3 is 2.61 bits per heavy atom. The number of hydrogen-bond acceptors (Lipinski definition) is 4. The number of piperidine rings is 1. The van der Waals surface area contributed by atoms with Crippen LogP contribution in [0.3, 0.4) is 0 Å². The molecule has 7 heteroatoms. The fraction of sp³-hybridized carbons (Fsp3) is 0.441. The van der Waals surface area contributed by atoms with Gasteiger partial charge in [-0.1, -0.05) is 62.4 Å². The Bertz CT molecular complexity index is 1530. The Kier molecular flexibility index (Phi) is 8.34. The molecule has 0 bridgehead atoms. The van der Waals surface area contributed by atoms with Gasteiger partial charge in [0.1, 0.15) is 11.4 Å². The fourth-order valence-corrected chi connectivity index (χ4v) is 5.66. The number of aromatic amines is 1. The monoisotopic (exact) mass is 554 g/mol. The van der Waals surface area contributed by atoms with E-state index in [0.717, 1.165) is 46.0 Å².